The molecule has 1 unspecified atom stereocenters. The summed E-state index contributed by atoms with van der Waals surface area (Å²) in [6.45, 7) is 7.09. The second-order valence-corrected chi connectivity index (χ2v) is 7.89. The predicted molar refractivity (Wildman–Crippen MR) is 110 cm³/mol. The first kappa shape index (κ1) is 18.9. The molecule has 0 aliphatic carbocycles. The highest BCUT2D eigenvalue weighted by Crippen LogP contribution is 2.31. The number of likely N-dealkylation sites (N-methyl/N-ethyl adjacent to an activating group) is 1. The molecular formula is C22H27FN4O. The Labute approximate surface area is 165 Å². The summed E-state index contributed by atoms with van der Waals surface area (Å²) in [6.07, 6.45) is 0.371. The Kier molecular flexibility index (Phi) is 5.33. The van der Waals surface area contributed by atoms with Crippen LogP contribution >= 0.6 is 0 Å². The molecule has 0 saturated carbocycles. The van der Waals surface area contributed by atoms with E-state index < -0.39 is 6.04 Å². The van der Waals surface area contributed by atoms with Gasteiger partial charge in [0.15, 0.2) is 0 Å². The highest BCUT2D eigenvalue weighted by atomic mass is 19.1. The van der Waals surface area contributed by atoms with Crippen molar-refractivity contribution >= 4 is 17.3 Å². The fourth-order valence-corrected chi connectivity index (χ4v) is 3.97. The van der Waals surface area contributed by atoms with Crippen LogP contribution in [0.25, 0.3) is 0 Å². The van der Waals surface area contributed by atoms with E-state index in [1.807, 2.05) is 25.1 Å². The third-order valence-corrected chi connectivity index (χ3v) is 5.70. The van der Waals surface area contributed by atoms with Crippen molar-refractivity contribution in [2.45, 2.75) is 25.9 Å². The number of hydrogen-bond donors (Lipinski definition) is 2. The zero-order valence-electron chi connectivity index (χ0n) is 16.5. The molecule has 148 valence electrons. The number of fused-ring (bicyclic) bond motifs is 1. The molecule has 2 aromatic carbocycles. The van der Waals surface area contributed by atoms with E-state index in [0.29, 0.717) is 12.0 Å². The van der Waals surface area contributed by atoms with Crippen LogP contribution in [0.2, 0.25) is 0 Å². The largest absolute Gasteiger partial charge is 0.373 e. The van der Waals surface area contributed by atoms with E-state index in [-0.39, 0.29) is 11.7 Å². The number of halogens is 1. The summed E-state index contributed by atoms with van der Waals surface area (Å²) in [5.74, 6) is -0.385. The number of nitrogens with one attached hydrogen (secondary N) is 2. The third kappa shape index (κ3) is 4.03. The molecule has 0 radical (unpaired) electrons. The summed E-state index contributed by atoms with van der Waals surface area (Å²) >= 11 is 0. The maximum atomic E-state index is 14.1. The smallest absolute Gasteiger partial charge is 0.247 e. The molecular weight excluding hydrogens is 355 g/mol. The van der Waals surface area contributed by atoms with E-state index in [0.717, 1.165) is 49.7 Å². The summed E-state index contributed by atoms with van der Waals surface area (Å²) < 4.78 is 14.1. The lowest BCUT2D eigenvalue weighted by atomic mass is 10.1. The van der Waals surface area contributed by atoms with E-state index in [1.165, 1.54) is 11.6 Å². The molecule has 6 heteroatoms. The third-order valence-electron chi connectivity index (χ3n) is 5.70. The number of carbonyl (C=O) groups is 1. The van der Waals surface area contributed by atoms with E-state index in [4.69, 9.17) is 0 Å². The first-order chi connectivity index (χ1) is 13.5. The number of piperazine rings is 1. The van der Waals surface area contributed by atoms with Crippen LogP contribution < -0.4 is 10.6 Å². The first-order valence-corrected chi connectivity index (χ1v) is 9.85. The lowest BCUT2D eigenvalue weighted by Gasteiger charge is -2.32. The molecule has 0 bridgehead atoms. The minimum Gasteiger partial charge on any atom is -0.373 e. The maximum absolute atomic E-state index is 14.1. The van der Waals surface area contributed by atoms with Crippen molar-refractivity contribution in [1.29, 1.82) is 0 Å². The second-order valence-electron chi connectivity index (χ2n) is 7.89. The minimum atomic E-state index is -0.452. The van der Waals surface area contributed by atoms with Gasteiger partial charge in [0.1, 0.15) is 11.9 Å². The zero-order valence-corrected chi connectivity index (χ0v) is 16.5. The summed E-state index contributed by atoms with van der Waals surface area (Å²) in [5.41, 5.74) is 4.28. The molecule has 28 heavy (non-hydrogen) atoms. The Balaban J connectivity index is 1.39. The van der Waals surface area contributed by atoms with Gasteiger partial charge in [0, 0.05) is 56.1 Å². The molecule has 2 N–H and O–H groups in total. The molecule has 2 aliphatic rings. The fraction of sp³-hybridized carbons (Fsp3) is 0.409. The monoisotopic (exact) mass is 382 g/mol. The molecule has 4 rings (SSSR count). The minimum absolute atomic E-state index is 0.133. The number of benzene rings is 2. The van der Waals surface area contributed by atoms with Gasteiger partial charge < -0.3 is 15.5 Å². The van der Waals surface area contributed by atoms with Crippen molar-refractivity contribution in [3.05, 3.63) is 58.9 Å². The van der Waals surface area contributed by atoms with E-state index in [2.05, 4.69) is 33.5 Å². The molecule has 2 aromatic rings. The average molecular weight is 382 g/mol. The highest BCUT2D eigenvalue weighted by Gasteiger charge is 2.30. The topological polar surface area (TPSA) is 47.6 Å². The molecule has 0 spiro atoms. The van der Waals surface area contributed by atoms with Gasteiger partial charge in [-0.1, -0.05) is 18.2 Å². The van der Waals surface area contributed by atoms with E-state index in [1.54, 1.807) is 6.07 Å². The highest BCUT2D eigenvalue weighted by molar-refractivity contribution is 5.98. The van der Waals surface area contributed by atoms with Crippen LogP contribution in [0.3, 0.4) is 0 Å². The van der Waals surface area contributed by atoms with Crippen molar-refractivity contribution in [3.63, 3.8) is 0 Å². The lowest BCUT2D eigenvalue weighted by molar-refractivity contribution is -0.116. The van der Waals surface area contributed by atoms with Gasteiger partial charge >= 0.3 is 0 Å². The summed E-state index contributed by atoms with van der Waals surface area (Å²) in [7, 11) is 2.15. The number of amides is 1. The Bertz CT molecular complexity index is 846. The average Bonchev–Trinajstić information content (AvgIpc) is 3.14. The van der Waals surface area contributed by atoms with Crippen LogP contribution in [0.15, 0.2) is 36.4 Å². The zero-order chi connectivity index (χ0) is 19.7. The molecule has 1 atom stereocenters. The van der Waals surface area contributed by atoms with Gasteiger partial charge in [0.05, 0.1) is 0 Å². The van der Waals surface area contributed by atoms with Crippen molar-refractivity contribution < 1.29 is 9.18 Å². The van der Waals surface area contributed by atoms with E-state index >= 15 is 0 Å². The molecule has 2 heterocycles. The van der Waals surface area contributed by atoms with Crippen LogP contribution in [0.4, 0.5) is 15.8 Å². The number of aryl methyl sites for hydroxylation is 1. The number of carbonyl (C=O) groups excluding carboxylic acids is 1. The lowest BCUT2D eigenvalue weighted by Crippen LogP contribution is -2.43. The Morgan fingerprint density at radius 3 is 2.75 bits per heavy atom. The van der Waals surface area contributed by atoms with Gasteiger partial charge in [-0.05, 0) is 43.3 Å². The molecule has 1 saturated heterocycles. The van der Waals surface area contributed by atoms with Gasteiger partial charge in [-0.15, -0.1) is 0 Å². The van der Waals surface area contributed by atoms with Crippen molar-refractivity contribution in [2.24, 2.45) is 0 Å². The van der Waals surface area contributed by atoms with Gasteiger partial charge in [-0.2, -0.15) is 0 Å². The predicted octanol–water partition coefficient (Wildman–Crippen LogP) is 2.86. The van der Waals surface area contributed by atoms with Gasteiger partial charge in [0.2, 0.25) is 5.91 Å². The van der Waals surface area contributed by atoms with Crippen LogP contribution in [0.1, 0.15) is 16.7 Å². The number of anilines is 2. The van der Waals surface area contributed by atoms with Gasteiger partial charge in [-0.3, -0.25) is 9.69 Å². The van der Waals surface area contributed by atoms with Crippen LogP contribution in [-0.4, -0.2) is 55.0 Å². The molecule has 5 nitrogen and oxygen atoms in total. The second kappa shape index (κ2) is 7.89. The summed E-state index contributed by atoms with van der Waals surface area (Å²) in [6, 6.07) is 10.8. The van der Waals surface area contributed by atoms with Crippen LogP contribution in [-0.2, 0) is 17.8 Å². The molecule has 1 fully saturated rings. The van der Waals surface area contributed by atoms with Crippen molar-refractivity contribution in [2.75, 3.05) is 43.9 Å². The normalized spacial score (nSPS) is 19.9. The standard InChI is InChI=1S/C22H27FN4O/c1-15-6-7-19(23)18-13-20(25-21(15)18)22(28)24-17-5-3-4-16(12-17)14-27-10-8-26(2)9-11-27/h3-7,12,20,25H,8-11,13-14H2,1-2H3,(H,24,28). The SMILES string of the molecule is Cc1ccc(F)c2c1NC(C(=O)Nc1cccc(CN3CCN(C)CC3)c1)C2. The number of rotatable bonds is 4. The first-order valence-electron chi connectivity index (χ1n) is 9.85. The molecule has 2 aliphatic heterocycles. The number of hydrogen-bond acceptors (Lipinski definition) is 4. The number of nitrogens with zero attached hydrogens (tertiary/aromatic N) is 2. The van der Waals surface area contributed by atoms with Crippen molar-refractivity contribution in [1.82, 2.24) is 9.80 Å². The fourth-order valence-electron chi connectivity index (χ4n) is 3.97. The summed E-state index contributed by atoms with van der Waals surface area (Å²) in [5, 5.41) is 6.17. The maximum Gasteiger partial charge on any atom is 0.247 e. The Morgan fingerprint density at radius 2 is 2.00 bits per heavy atom. The summed E-state index contributed by atoms with van der Waals surface area (Å²) in [4.78, 5) is 17.5. The van der Waals surface area contributed by atoms with Gasteiger partial charge in [0.25, 0.3) is 0 Å². The Morgan fingerprint density at radius 1 is 1.21 bits per heavy atom. The molecule has 1 amide bonds. The quantitative estimate of drug-likeness (QED) is 0.854. The van der Waals surface area contributed by atoms with Crippen LogP contribution in [0.5, 0.6) is 0 Å². The van der Waals surface area contributed by atoms with Crippen LogP contribution in [0, 0.1) is 12.7 Å². The van der Waals surface area contributed by atoms with Gasteiger partial charge in [-0.25, -0.2) is 4.39 Å². The van der Waals surface area contributed by atoms with Crippen molar-refractivity contribution in [3.8, 4) is 0 Å². The molecule has 0 aromatic heterocycles. The Hall–Kier alpha value is -2.44. The van der Waals surface area contributed by atoms with E-state index in [9.17, 15) is 9.18 Å².